The molecule has 0 aliphatic carbocycles. The van der Waals surface area contributed by atoms with Crippen LogP contribution in [0.3, 0.4) is 0 Å². The van der Waals surface area contributed by atoms with Crippen molar-refractivity contribution in [1.82, 2.24) is 0 Å². The Bertz CT molecular complexity index is 742. The number of carbonyl (C=O) groups is 1. The van der Waals surface area contributed by atoms with Crippen LogP contribution in [-0.4, -0.2) is 16.2 Å². The van der Waals surface area contributed by atoms with Crippen LogP contribution in [-0.2, 0) is 10.4 Å². The Hall–Kier alpha value is -1.50. The maximum Gasteiger partial charge on any atom is 0.340 e. The van der Waals surface area contributed by atoms with Gasteiger partial charge in [0.05, 0.1) is 9.79 Å². The van der Waals surface area contributed by atoms with E-state index in [1.807, 2.05) is 18.2 Å². The molecule has 2 N–H and O–H groups in total. The molecule has 0 amide bonds. The zero-order valence-electron chi connectivity index (χ0n) is 11.0. The fourth-order valence-corrected chi connectivity index (χ4v) is 3.52. The molecule has 0 saturated heterocycles. The van der Waals surface area contributed by atoms with E-state index in [9.17, 15) is 9.90 Å². The first-order valence-corrected chi connectivity index (χ1v) is 7.74. The summed E-state index contributed by atoms with van der Waals surface area (Å²) < 4.78 is 6.73. The summed E-state index contributed by atoms with van der Waals surface area (Å²) >= 11 is 4.89. The highest BCUT2D eigenvalue weighted by Gasteiger charge is 2.33. The summed E-state index contributed by atoms with van der Waals surface area (Å²) in [4.78, 5) is 12.9. The smallest absolute Gasteiger partial charge is 0.340 e. The van der Waals surface area contributed by atoms with Crippen LogP contribution in [0.15, 0.2) is 50.7 Å². The molecular weight excluding hydrogens is 356 g/mol. The lowest BCUT2D eigenvalue weighted by molar-refractivity contribution is -0.157. The molecule has 1 aliphatic rings. The van der Waals surface area contributed by atoms with Crippen LogP contribution >= 0.6 is 27.7 Å². The molecule has 0 saturated carbocycles. The third-order valence-corrected chi connectivity index (χ3v) is 4.84. The standard InChI is InChI=1S/C15H11BrO4S/c1-15(19,14(17)18)8-2-4-10-12(6-8)21-13-7-9(16)3-5-11(13)20-10/h2-7,19H,1H3,(H,17,18). The number of carboxylic acids is 1. The van der Waals surface area contributed by atoms with Gasteiger partial charge in [0.2, 0.25) is 0 Å². The first kappa shape index (κ1) is 14.4. The van der Waals surface area contributed by atoms with E-state index < -0.39 is 11.6 Å². The van der Waals surface area contributed by atoms with Gasteiger partial charge in [0, 0.05) is 4.47 Å². The number of rotatable bonds is 2. The fourth-order valence-electron chi connectivity index (χ4n) is 1.98. The number of ether oxygens (including phenoxy) is 1. The van der Waals surface area contributed by atoms with E-state index in [4.69, 9.17) is 9.84 Å². The first-order chi connectivity index (χ1) is 9.88. The van der Waals surface area contributed by atoms with Crippen molar-refractivity contribution in [2.75, 3.05) is 0 Å². The molecule has 0 radical (unpaired) electrons. The third-order valence-electron chi connectivity index (χ3n) is 3.27. The van der Waals surface area contributed by atoms with E-state index in [0.717, 1.165) is 20.0 Å². The van der Waals surface area contributed by atoms with Gasteiger partial charge in [0.15, 0.2) is 5.60 Å². The molecule has 1 heterocycles. The number of benzene rings is 2. The Balaban J connectivity index is 2.02. The number of hydrogen-bond donors (Lipinski definition) is 2. The molecule has 3 rings (SSSR count). The minimum Gasteiger partial charge on any atom is -0.479 e. The van der Waals surface area contributed by atoms with Gasteiger partial charge in [-0.05, 0) is 42.8 Å². The van der Waals surface area contributed by atoms with Gasteiger partial charge < -0.3 is 14.9 Å². The number of aliphatic carboxylic acids is 1. The van der Waals surface area contributed by atoms with Crippen LogP contribution in [0.4, 0.5) is 0 Å². The Labute approximate surface area is 133 Å². The summed E-state index contributed by atoms with van der Waals surface area (Å²) in [6.07, 6.45) is 0. The first-order valence-electron chi connectivity index (χ1n) is 6.13. The molecule has 0 aromatic heterocycles. The zero-order valence-corrected chi connectivity index (χ0v) is 13.4. The second-order valence-electron chi connectivity index (χ2n) is 4.83. The lowest BCUT2D eigenvalue weighted by Crippen LogP contribution is -2.31. The summed E-state index contributed by atoms with van der Waals surface area (Å²) in [7, 11) is 0. The van der Waals surface area contributed by atoms with Crippen LogP contribution in [0.2, 0.25) is 0 Å². The predicted molar refractivity (Wildman–Crippen MR) is 82.0 cm³/mol. The third kappa shape index (κ3) is 2.54. The van der Waals surface area contributed by atoms with Gasteiger partial charge in [-0.15, -0.1) is 0 Å². The highest BCUT2D eigenvalue weighted by molar-refractivity contribution is 9.10. The fraction of sp³-hybridized carbons (Fsp3) is 0.133. The Kier molecular flexibility index (Phi) is 3.47. The molecule has 21 heavy (non-hydrogen) atoms. The summed E-state index contributed by atoms with van der Waals surface area (Å²) in [5, 5.41) is 19.1. The highest BCUT2D eigenvalue weighted by Crippen LogP contribution is 2.48. The Morgan fingerprint density at radius 1 is 1.19 bits per heavy atom. The molecule has 108 valence electrons. The molecule has 4 nitrogen and oxygen atoms in total. The summed E-state index contributed by atoms with van der Waals surface area (Å²) in [6, 6.07) is 10.6. The van der Waals surface area contributed by atoms with E-state index >= 15 is 0 Å². The van der Waals surface area contributed by atoms with Crippen molar-refractivity contribution in [3.8, 4) is 11.5 Å². The predicted octanol–water partition coefficient (Wildman–Crippen LogP) is 4.00. The topological polar surface area (TPSA) is 66.8 Å². The highest BCUT2D eigenvalue weighted by atomic mass is 79.9. The van der Waals surface area contributed by atoms with Crippen molar-refractivity contribution >= 4 is 33.7 Å². The van der Waals surface area contributed by atoms with Gasteiger partial charge in [-0.3, -0.25) is 0 Å². The van der Waals surface area contributed by atoms with Crippen molar-refractivity contribution in [3.05, 3.63) is 46.4 Å². The number of aliphatic hydroxyl groups is 1. The molecule has 2 aromatic rings. The molecular formula is C15H11BrO4S. The van der Waals surface area contributed by atoms with Crippen LogP contribution in [0.5, 0.6) is 11.5 Å². The largest absolute Gasteiger partial charge is 0.479 e. The summed E-state index contributed by atoms with van der Waals surface area (Å²) in [6.45, 7) is 1.26. The molecule has 1 aliphatic heterocycles. The quantitative estimate of drug-likeness (QED) is 0.717. The number of fused-ring (bicyclic) bond motifs is 2. The van der Waals surface area contributed by atoms with E-state index in [2.05, 4.69) is 15.9 Å². The average molecular weight is 367 g/mol. The SMILES string of the molecule is CC(O)(C(=O)O)c1ccc2c(c1)Sc1cc(Br)ccc1O2. The summed E-state index contributed by atoms with van der Waals surface area (Å²) in [5.41, 5.74) is -1.60. The Morgan fingerprint density at radius 3 is 2.48 bits per heavy atom. The van der Waals surface area contributed by atoms with Crippen LogP contribution in [0.25, 0.3) is 0 Å². The van der Waals surface area contributed by atoms with Crippen LogP contribution in [0.1, 0.15) is 12.5 Å². The molecule has 0 bridgehead atoms. The lowest BCUT2D eigenvalue weighted by Gasteiger charge is -2.23. The molecule has 1 atom stereocenters. The summed E-state index contributed by atoms with van der Waals surface area (Å²) in [5.74, 6) is 0.125. The number of halogens is 1. The maximum atomic E-state index is 11.1. The maximum absolute atomic E-state index is 11.1. The van der Waals surface area contributed by atoms with Gasteiger partial charge >= 0.3 is 5.97 Å². The van der Waals surface area contributed by atoms with Crippen molar-refractivity contribution in [2.24, 2.45) is 0 Å². The number of carboxylic acid groups (broad SMARTS) is 1. The van der Waals surface area contributed by atoms with Crippen molar-refractivity contribution in [1.29, 1.82) is 0 Å². The molecule has 0 spiro atoms. The minimum absolute atomic E-state index is 0.322. The molecule has 1 unspecified atom stereocenters. The number of hydrogen-bond acceptors (Lipinski definition) is 4. The van der Waals surface area contributed by atoms with Crippen molar-refractivity contribution in [2.45, 2.75) is 22.3 Å². The molecule has 0 fully saturated rings. The van der Waals surface area contributed by atoms with Crippen LogP contribution < -0.4 is 4.74 Å². The van der Waals surface area contributed by atoms with Gasteiger partial charge in [0.25, 0.3) is 0 Å². The lowest BCUT2D eigenvalue weighted by atomic mass is 9.96. The molecule has 2 aromatic carbocycles. The van der Waals surface area contributed by atoms with Gasteiger partial charge in [-0.1, -0.05) is 33.8 Å². The van der Waals surface area contributed by atoms with Gasteiger partial charge in [-0.25, -0.2) is 4.79 Å². The minimum atomic E-state index is -1.92. The zero-order chi connectivity index (χ0) is 15.2. The van der Waals surface area contributed by atoms with E-state index in [0.29, 0.717) is 11.3 Å². The van der Waals surface area contributed by atoms with E-state index in [-0.39, 0.29) is 0 Å². The second-order valence-corrected chi connectivity index (χ2v) is 6.83. The normalized spacial score (nSPS) is 15.4. The van der Waals surface area contributed by atoms with E-state index in [1.54, 1.807) is 18.2 Å². The molecule has 6 heteroatoms. The van der Waals surface area contributed by atoms with Crippen molar-refractivity contribution < 1.29 is 19.7 Å². The van der Waals surface area contributed by atoms with Gasteiger partial charge in [-0.2, -0.15) is 0 Å². The van der Waals surface area contributed by atoms with Crippen LogP contribution in [0, 0.1) is 0 Å². The Morgan fingerprint density at radius 2 is 1.81 bits per heavy atom. The average Bonchev–Trinajstić information content (AvgIpc) is 2.44. The van der Waals surface area contributed by atoms with Gasteiger partial charge in [0.1, 0.15) is 11.5 Å². The second kappa shape index (κ2) is 5.05. The van der Waals surface area contributed by atoms with Crippen molar-refractivity contribution in [3.63, 3.8) is 0 Å². The monoisotopic (exact) mass is 366 g/mol. The van der Waals surface area contributed by atoms with E-state index in [1.165, 1.54) is 18.7 Å².